The minimum atomic E-state index is -4.03. The first-order valence-electron chi connectivity index (χ1n) is 12.7. The third-order valence-electron chi connectivity index (χ3n) is 6.14. The summed E-state index contributed by atoms with van der Waals surface area (Å²) in [6, 6.07) is 17.8. The van der Waals surface area contributed by atoms with Crippen LogP contribution in [0.15, 0.2) is 66.7 Å². The van der Waals surface area contributed by atoms with Crippen LogP contribution in [0.4, 0.5) is 5.69 Å². The maximum Gasteiger partial charge on any atom is 0.244 e. The van der Waals surface area contributed by atoms with Crippen molar-refractivity contribution in [2.45, 2.75) is 32.9 Å². The number of halogens is 4. The average Bonchev–Trinajstić information content (AvgIpc) is 2.90. The van der Waals surface area contributed by atoms with Gasteiger partial charge in [-0.3, -0.25) is 13.9 Å². The summed E-state index contributed by atoms with van der Waals surface area (Å²) in [7, 11) is -4.03. The van der Waals surface area contributed by atoms with E-state index in [2.05, 4.69) is 5.32 Å². The average molecular weight is 659 g/mol. The van der Waals surface area contributed by atoms with Crippen molar-refractivity contribution in [2.24, 2.45) is 5.92 Å². The summed E-state index contributed by atoms with van der Waals surface area (Å²) in [5.74, 6) is -0.819. The van der Waals surface area contributed by atoms with Crippen molar-refractivity contribution in [3.05, 3.63) is 97.9 Å². The second kappa shape index (κ2) is 14.6. The van der Waals surface area contributed by atoms with Crippen LogP contribution in [0.3, 0.4) is 0 Å². The number of rotatable bonds is 12. The van der Waals surface area contributed by atoms with Crippen molar-refractivity contribution in [2.75, 3.05) is 23.7 Å². The molecule has 0 aliphatic heterocycles. The van der Waals surface area contributed by atoms with Gasteiger partial charge in [-0.2, -0.15) is 0 Å². The number of carbonyl (C=O) groups is 2. The molecule has 0 aliphatic carbocycles. The number of nitrogens with zero attached hydrogens (tertiary/aromatic N) is 2. The van der Waals surface area contributed by atoms with Crippen LogP contribution in [0.2, 0.25) is 20.1 Å². The molecular weight excluding hydrogens is 628 g/mol. The molecule has 41 heavy (non-hydrogen) atoms. The zero-order chi connectivity index (χ0) is 30.3. The van der Waals surface area contributed by atoms with Crippen LogP contribution in [0.1, 0.15) is 25.0 Å². The molecule has 1 N–H and O–H groups in total. The van der Waals surface area contributed by atoms with Gasteiger partial charge < -0.3 is 10.2 Å². The number of carbonyl (C=O) groups excluding carboxylic acids is 2. The topological polar surface area (TPSA) is 86.8 Å². The summed E-state index contributed by atoms with van der Waals surface area (Å²) in [5.41, 5.74) is 1.48. The predicted octanol–water partition coefficient (Wildman–Crippen LogP) is 6.48. The van der Waals surface area contributed by atoms with Crippen LogP contribution in [0, 0.1) is 5.92 Å². The van der Waals surface area contributed by atoms with Gasteiger partial charge in [0.1, 0.15) is 12.6 Å². The van der Waals surface area contributed by atoms with Gasteiger partial charge in [-0.15, -0.1) is 0 Å². The zero-order valence-corrected chi connectivity index (χ0v) is 26.6. The first-order chi connectivity index (χ1) is 19.3. The van der Waals surface area contributed by atoms with Gasteiger partial charge in [-0.25, -0.2) is 8.42 Å². The van der Waals surface area contributed by atoms with E-state index in [-0.39, 0.29) is 45.5 Å². The molecule has 0 unspecified atom stereocenters. The fourth-order valence-corrected chi connectivity index (χ4v) is 5.87. The molecule has 0 spiro atoms. The second-order valence-corrected chi connectivity index (χ2v) is 13.5. The molecule has 3 aromatic rings. The summed E-state index contributed by atoms with van der Waals surface area (Å²) in [6.45, 7) is 3.69. The zero-order valence-electron chi connectivity index (χ0n) is 22.8. The van der Waals surface area contributed by atoms with Gasteiger partial charge in [0.2, 0.25) is 21.8 Å². The summed E-state index contributed by atoms with van der Waals surface area (Å²) in [4.78, 5) is 29.1. The third-order valence-corrected chi connectivity index (χ3v) is 8.52. The standard InChI is InChI=1S/C29H31Cl4N3O4S/c1-19(2)16-34-29(38)27(13-20-8-5-4-6-9-20)35(17-21-10-7-11-22(30)12-21)28(37)18-36(41(3,39)40)26-15-24(32)23(31)14-25(26)33/h4-12,14-15,19,27H,13,16-18H2,1-3H3,(H,34,38)/t27-/m0/s1. The lowest BCUT2D eigenvalue weighted by Crippen LogP contribution is -2.53. The van der Waals surface area contributed by atoms with Gasteiger partial charge in [0, 0.05) is 24.5 Å². The molecule has 0 heterocycles. The minimum Gasteiger partial charge on any atom is -0.354 e. The molecule has 3 aromatic carbocycles. The quantitative estimate of drug-likeness (QED) is 0.226. The summed E-state index contributed by atoms with van der Waals surface area (Å²) < 4.78 is 26.7. The molecule has 0 aromatic heterocycles. The van der Waals surface area contributed by atoms with Gasteiger partial charge in [-0.05, 0) is 41.3 Å². The predicted molar refractivity (Wildman–Crippen MR) is 167 cm³/mol. The highest BCUT2D eigenvalue weighted by molar-refractivity contribution is 7.92. The van der Waals surface area contributed by atoms with Crippen molar-refractivity contribution in [3.8, 4) is 0 Å². The molecule has 0 saturated carbocycles. The van der Waals surface area contributed by atoms with Crippen molar-refractivity contribution in [1.82, 2.24) is 10.2 Å². The van der Waals surface area contributed by atoms with Gasteiger partial charge in [0.25, 0.3) is 0 Å². The van der Waals surface area contributed by atoms with Gasteiger partial charge >= 0.3 is 0 Å². The Labute approximate surface area is 261 Å². The molecule has 7 nitrogen and oxygen atoms in total. The van der Waals surface area contributed by atoms with Crippen molar-refractivity contribution in [3.63, 3.8) is 0 Å². The molecular formula is C29H31Cl4N3O4S. The minimum absolute atomic E-state index is 0.00129. The number of hydrogen-bond acceptors (Lipinski definition) is 4. The normalized spacial score (nSPS) is 12.2. The van der Waals surface area contributed by atoms with Crippen LogP contribution in [0.5, 0.6) is 0 Å². The Hall–Kier alpha value is -2.49. The Morgan fingerprint density at radius 2 is 1.49 bits per heavy atom. The summed E-state index contributed by atoms with van der Waals surface area (Å²) >= 11 is 24.8. The molecule has 220 valence electrons. The van der Waals surface area contributed by atoms with E-state index >= 15 is 0 Å². The fourth-order valence-electron chi connectivity index (χ4n) is 4.11. The lowest BCUT2D eigenvalue weighted by Gasteiger charge is -2.34. The van der Waals surface area contributed by atoms with Crippen molar-refractivity contribution in [1.29, 1.82) is 0 Å². The van der Waals surface area contributed by atoms with E-state index in [1.54, 1.807) is 24.3 Å². The Kier molecular flexibility index (Phi) is 11.8. The lowest BCUT2D eigenvalue weighted by atomic mass is 10.0. The highest BCUT2D eigenvalue weighted by Gasteiger charge is 2.33. The first-order valence-corrected chi connectivity index (χ1v) is 16.1. The van der Waals surface area contributed by atoms with Gasteiger partial charge in [0.05, 0.1) is 27.0 Å². The van der Waals surface area contributed by atoms with Crippen LogP contribution < -0.4 is 9.62 Å². The fraction of sp³-hybridized carbons (Fsp3) is 0.310. The number of amides is 2. The van der Waals surface area contributed by atoms with E-state index in [0.717, 1.165) is 16.1 Å². The summed E-state index contributed by atoms with van der Waals surface area (Å²) in [6.07, 6.45) is 1.15. The Morgan fingerprint density at radius 1 is 0.854 bits per heavy atom. The maximum atomic E-state index is 14.1. The maximum absolute atomic E-state index is 14.1. The summed E-state index contributed by atoms with van der Waals surface area (Å²) in [5, 5.41) is 3.58. The Bertz CT molecular complexity index is 1490. The van der Waals surface area contributed by atoms with E-state index in [1.807, 2.05) is 44.2 Å². The largest absolute Gasteiger partial charge is 0.354 e. The Morgan fingerprint density at radius 3 is 2.10 bits per heavy atom. The van der Waals surface area contributed by atoms with E-state index in [0.29, 0.717) is 17.1 Å². The van der Waals surface area contributed by atoms with Gasteiger partial charge in [0.15, 0.2) is 0 Å². The Balaban J connectivity index is 2.09. The highest BCUT2D eigenvalue weighted by Crippen LogP contribution is 2.35. The number of nitrogens with one attached hydrogen (secondary N) is 1. The smallest absolute Gasteiger partial charge is 0.244 e. The first kappa shape index (κ1) is 33.0. The van der Waals surface area contributed by atoms with E-state index in [9.17, 15) is 18.0 Å². The van der Waals surface area contributed by atoms with Crippen LogP contribution in [0.25, 0.3) is 0 Å². The highest BCUT2D eigenvalue weighted by atomic mass is 35.5. The molecule has 2 amide bonds. The molecule has 0 aliphatic rings. The van der Waals surface area contributed by atoms with E-state index in [4.69, 9.17) is 46.4 Å². The lowest BCUT2D eigenvalue weighted by molar-refractivity contribution is -0.140. The van der Waals surface area contributed by atoms with Crippen LogP contribution in [-0.4, -0.2) is 50.5 Å². The van der Waals surface area contributed by atoms with E-state index in [1.165, 1.54) is 17.0 Å². The number of benzene rings is 3. The monoisotopic (exact) mass is 657 g/mol. The third kappa shape index (κ3) is 9.51. The number of sulfonamides is 1. The SMILES string of the molecule is CC(C)CNC(=O)[C@H](Cc1ccccc1)N(Cc1cccc(Cl)c1)C(=O)CN(c1cc(Cl)c(Cl)cc1Cl)S(C)(=O)=O. The molecule has 0 bridgehead atoms. The molecule has 1 atom stereocenters. The van der Waals surface area contributed by atoms with Crippen molar-refractivity contribution < 1.29 is 18.0 Å². The molecule has 0 saturated heterocycles. The van der Waals surface area contributed by atoms with Crippen LogP contribution in [-0.2, 0) is 32.6 Å². The van der Waals surface area contributed by atoms with Crippen molar-refractivity contribution >= 4 is 73.9 Å². The van der Waals surface area contributed by atoms with E-state index < -0.39 is 28.5 Å². The molecule has 0 radical (unpaired) electrons. The molecule has 0 fully saturated rings. The molecule has 3 rings (SSSR count). The van der Waals surface area contributed by atoms with Gasteiger partial charge in [-0.1, -0.05) is 103 Å². The number of anilines is 1. The molecule has 12 heteroatoms. The second-order valence-electron chi connectivity index (χ2n) is 9.98. The number of hydrogen-bond donors (Lipinski definition) is 1. The van der Waals surface area contributed by atoms with Crippen LogP contribution >= 0.6 is 46.4 Å².